The highest BCUT2D eigenvalue weighted by Crippen LogP contribution is 2.15. The number of aromatic nitrogens is 1. The van der Waals surface area contributed by atoms with Crippen molar-refractivity contribution in [1.29, 1.82) is 0 Å². The van der Waals surface area contributed by atoms with E-state index in [1.807, 2.05) is 18.2 Å². The van der Waals surface area contributed by atoms with Gasteiger partial charge < -0.3 is 9.47 Å². The zero-order valence-electron chi connectivity index (χ0n) is 10.3. The van der Waals surface area contributed by atoms with Gasteiger partial charge in [0.2, 0.25) is 0 Å². The average Bonchev–Trinajstić information content (AvgIpc) is 2.46. The SMILES string of the molecule is c1ccc2nc(CCC3OCCCO3)ccc2c1. The van der Waals surface area contributed by atoms with Gasteiger partial charge in [-0.2, -0.15) is 0 Å². The first-order valence-corrected chi connectivity index (χ1v) is 6.50. The number of fused-ring (bicyclic) bond motifs is 1. The minimum absolute atomic E-state index is 0.0491. The molecule has 0 aliphatic carbocycles. The summed E-state index contributed by atoms with van der Waals surface area (Å²) in [5, 5.41) is 1.19. The van der Waals surface area contributed by atoms with E-state index in [-0.39, 0.29) is 6.29 Å². The van der Waals surface area contributed by atoms with E-state index >= 15 is 0 Å². The Morgan fingerprint density at radius 3 is 2.78 bits per heavy atom. The van der Waals surface area contributed by atoms with Crippen molar-refractivity contribution < 1.29 is 9.47 Å². The maximum atomic E-state index is 5.54. The van der Waals surface area contributed by atoms with Crippen molar-refractivity contribution in [2.75, 3.05) is 13.2 Å². The number of benzene rings is 1. The molecule has 2 heterocycles. The highest BCUT2D eigenvalue weighted by atomic mass is 16.7. The summed E-state index contributed by atoms with van der Waals surface area (Å²) in [4.78, 5) is 4.65. The summed E-state index contributed by atoms with van der Waals surface area (Å²) in [6.07, 6.45) is 2.73. The van der Waals surface area contributed by atoms with Gasteiger partial charge in [-0.15, -0.1) is 0 Å². The van der Waals surface area contributed by atoms with E-state index in [9.17, 15) is 0 Å². The van der Waals surface area contributed by atoms with E-state index in [1.165, 1.54) is 5.39 Å². The molecule has 0 amide bonds. The molecule has 1 aliphatic heterocycles. The summed E-state index contributed by atoms with van der Waals surface area (Å²) in [5.41, 5.74) is 2.16. The first-order chi connectivity index (χ1) is 8.92. The second-order valence-corrected chi connectivity index (χ2v) is 4.56. The van der Waals surface area contributed by atoms with Crippen LogP contribution in [-0.2, 0) is 15.9 Å². The van der Waals surface area contributed by atoms with Gasteiger partial charge in [-0.05, 0) is 25.0 Å². The maximum absolute atomic E-state index is 5.54. The molecule has 0 N–H and O–H groups in total. The quantitative estimate of drug-likeness (QED) is 0.830. The lowest BCUT2D eigenvalue weighted by Gasteiger charge is -2.22. The number of hydrogen-bond donors (Lipinski definition) is 0. The van der Waals surface area contributed by atoms with Crippen LogP contribution in [0.15, 0.2) is 36.4 Å². The number of aryl methyl sites for hydroxylation is 1. The molecule has 1 fully saturated rings. The summed E-state index contributed by atoms with van der Waals surface area (Å²) >= 11 is 0. The van der Waals surface area contributed by atoms with Crippen molar-refractivity contribution in [2.24, 2.45) is 0 Å². The van der Waals surface area contributed by atoms with Crippen LogP contribution in [0.1, 0.15) is 18.5 Å². The van der Waals surface area contributed by atoms with Crippen molar-refractivity contribution in [3.8, 4) is 0 Å². The predicted octanol–water partition coefficient (Wildman–Crippen LogP) is 2.93. The maximum Gasteiger partial charge on any atom is 0.157 e. The fraction of sp³-hybridized carbons (Fsp3) is 0.400. The fourth-order valence-electron chi connectivity index (χ4n) is 2.22. The normalized spacial score (nSPS) is 17.1. The van der Waals surface area contributed by atoms with Crippen LogP contribution in [0.2, 0.25) is 0 Å². The molecule has 94 valence electrons. The van der Waals surface area contributed by atoms with Gasteiger partial charge in [-0.3, -0.25) is 4.98 Å². The largest absolute Gasteiger partial charge is 0.353 e. The Morgan fingerprint density at radius 2 is 1.89 bits per heavy atom. The van der Waals surface area contributed by atoms with Crippen molar-refractivity contribution in [3.63, 3.8) is 0 Å². The number of nitrogens with zero attached hydrogens (tertiary/aromatic N) is 1. The molecule has 0 atom stereocenters. The van der Waals surface area contributed by atoms with Crippen LogP contribution in [0.4, 0.5) is 0 Å². The summed E-state index contributed by atoms with van der Waals surface area (Å²) < 4.78 is 11.1. The van der Waals surface area contributed by atoms with Crippen LogP contribution in [-0.4, -0.2) is 24.5 Å². The van der Waals surface area contributed by atoms with E-state index in [4.69, 9.17) is 9.47 Å². The minimum Gasteiger partial charge on any atom is -0.353 e. The van der Waals surface area contributed by atoms with Crippen LogP contribution in [0.5, 0.6) is 0 Å². The molecule has 3 nitrogen and oxygen atoms in total. The molecule has 1 aromatic heterocycles. The van der Waals surface area contributed by atoms with E-state index in [0.717, 1.165) is 43.7 Å². The van der Waals surface area contributed by atoms with Crippen molar-refractivity contribution in [3.05, 3.63) is 42.1 Å². The molecule has 0 saturated carbocycles. The molecule has 3 rings (SSSR count). The molecule has 0 spiro atoms. The lowest BCUT2D eigenvalue weighted by molar-refractivity contribution is -0.180. The van der Waals surface area contributed by atoms with Gasteiger partial charge in [-0.25, -0.2) is 0 Å². The summed E-state index contributed by atoms with van der Waals surface area (Å²) in [6.45, 7) is 1.63. The highest BCUT2D eigenvalue weighted by molar-refractivity contribution is 5.78. The van der Waals surface area contributed by atoms with E-state index in [1.54, 1.807) is 0 Å². The number of rotatable bonds is 3. The van der Waals surface area contributed by atoms with Crippen molar-refractivity contribution in [1.82, 2.24) is 4.98 Å². The van der Waals surface area contributed by atoms with Gasteiger partial charge in [0.05, 0.1) is 18.7 Å². The Balaban J connectivity index is 1.66. The van der Waals surface area contributed by atoms with Gasteiger partial charge in [0.1, 0.15) is 0 Å². The van der Waals surface area contributed by atoms with E-state index in [2.05, 4.69) is 23.2 Å². The molecule has 1 aliphatic rings. The van der Waals surface area contributed by atoms with Gasteiger partial charge in [0, 0.05) is 17.5 Å². The molecule has 18 heavy (non-hydrogen) atoms. The fourth-order valence-corrected chi connectivity index (χ4v) is 2.22. The second-order valence-electron chi connectivity index (χ2n) is 4.56. The van der Waals surface area contributed by atoms with Gasteiger partial charge in [0.25, 0.3) is 0 Å². The Hall–Kier alpha value is -1.45. The summed E-state index contributed by atoms with van der Waals surface area (Å²) in [6, 6.07) is 12.4. The number of ether oxygens (including phenoxy) is 2. The molecule has 0 bridgehead atoms. The molecule has 2 aromatic rings. The summed E-state index contributed by atoms with van der Waals surface area (Å²) in [7, 11) is 0. The molecule has 3 heteroatoms. The molecule has 0 radical (unpaired) electrons. The molecule has 1 aromatic carbocycles. The molecular formula is C15H17NO2. The monoisotopic (exact) mass is 243 g/mol. The Bertz CT molecular complexity index is 521. The zero-order chi connectivity index (χ0) is 12.2. The Morgan fingerprint density at radius 1 is 1.06 bits per heavy atom. The number of pyridine rings is 1. The van der Waals surface area contributed by atoms with Crippen LogP contribution >= 0.6 is 0 Å². The first kappa shape index (κ1) is 11.6. The Labute approximate surface area is 107 Å². The van der Waals surface area contributed by atoms with E-state index < -0.39 is 0 Å². The smallest absolute Gasteiger partial charge is 0.157 e. The van der Waals surface area contributed by atoms with Crippen molar-refractivity contribution in [2.45, 2.75) is 25.6 Å². The first-order valence-electron chi connectivity index (χ1n) is 6.50. The van der Waals surface area contributed by atoms with Crippen LogP contribution < -0.4 is 0 Å². The lowest BCUT2D eigenvalue weighted by Crippen LogP contribution is -2.25. The van der Waals surface area contributed by atoms with Crippen LogP contribution in [0.3, 0.4) is 0 Å². The van der Waals surface area contributed by atoms with Gasteiger partial charge >= 0.3 is 0 Å². The molecule has 1 saturated heterocycles. The zero-order valence-corrected chi connectivity index (χ0v) is 10.3. The third-order valence-corrected chi connectivity index (χ3v) is 3.19. The van der Waals surface area contributed by atoms with Crippen molar-refractivity contribution >= 4 is 10.9 Å². The number of hydrogen-bond acceptors (Lipinski definition) is 3. The summed E-state index contributed by atoms with van der Waals surface area (Å²) in [5.74, 6) is 0. The average molecular weight is 243 g/mol. The minimum atomic E-state index is -0.0491. The predicted molar refractivity (Wildman–Crippen MR) is 70.4 cm³/mol. The Kier molecular flexibility index (Phi) is 3.53. The van der Waals surface area contributed by atoms with Crippen LogP contribution in [0, 0.1) is 0 Å². The molecular weight excluding hydrogens is 226 g/mol. The lowest BCUT2D eigenvalue weighted by atomic mass is 10.1. The highest BCUT2D eigenvalue weighted by Gasteiger charge is 2.14. The topological polar surface area (TPSA) is 31.4 Å². The standard InChI is InChI=1S/C15H17NO2/c1-2-5-14-12(4-1)6-7-13(16-14)8-9-15-17-10-3-11-18-15/h1-2,4-7,15H,3,8-11H2. The van der Waals surface area contributed by atoms with Crippen LogP contribution in [0.25, 0.3) is 10.9 Å². The number of para-hydroxylation sites is 1. The van der Waals surface area contributed by atoms with Gasteiger partial charge in [0.15, 0.2) is 6.29 Å². The second kappa shape index (κ2) is 5.46. The third-order valence-electron chi connectivity index (χ3n) is 3.19. The molecule has 0 unspecified atom stereocenters. The van der Waals surface area contributed by atoms with Gasteiger partial charge in [-0.1, -0.05) is 24.3 Å². The third kappa shape index (κ3) is 2.68. The van der Waals surface area contributed by atoms with E-state index in [0.29, 0.717) is 0 Å².